The Morgan fingerprint density at radius 1 is 0.606 bits per heavy atom. The molecule has 4 aromatic carbocycles. The highest BCUT2D eigenvalue weighted by molar-refractivity contribution is 6.08. The summed E-state index contributed by atoms with van der Waals surface area (Å²) >= 11 is 0. The molecule has 0 aliphatic heterocycles. The second-order valence-corrected chi connectivity index (χ2v) is 9.31. The zero-order valence-electron chi connectivity index (χ0n) is 18.7. The van der Waals surface area contributed by atoms with E-state index in [0.29, 0.717) is 16.5 Å². The van der Waals surface area contributed by atoms with Crippen molar-refractivity contribution in [2.45, 2.75) is 26.2 Å². The Balaban J connectivity index is 2.03. The Bertz CT molecular complexity index is 1450. The lowest BCUT2D eigenvalue weighted by Crippen LogP contribution is -2.33. The van der Waals surface area contributed by atoms with Crippen LogP contribution in [0.1, 0.15) is 26.3 Å². The van der Waals surface area contributed by atoms with E-state index in [0.717, 1.165) is 27.7 Å². The minimum atomic E-state index is -0.376. The molecule has 0 radical (unpaired) electrons. The summed E-state index contributed by atoms with van der Waals surface area (Å²) in [5.74, 6) is -1.10. The predicted octanol–water partition coefficient (Wildman–Crippen LogP) is 7.65. The van der Waals surface area contributed by atoms with E-state index in [-0.39, 0.29) is 22.9 Å². The van der Waals surface area contributed by atoms with Gasteiger partial charge in [0.25, 0.3) is 0 Å². The number of fused-ring (bicyclic) bond motifs is 2. The second kappa shape index (κ2) is 7.73. The fourth-order valence-electron chi connectivity index (χ4n) is 4.60. The van der Waals surface area contributed by atoms with Crippen molar-refractivity contribution >= 4 is 21.8 Å². The molecule has 0 N–H and O–H groups in total. The first-order chi connectivity index (χ1) is 15.7. The first kappa shape index (κ1) is 21.2. The van der Waals surface area contributed by atoms with Crippen LogP contribution in [-0.2, 0) is 5.41 Å². The van der Waals surface area contributed by atoms with Gasteiger partial charge in [-0.2, -0.15) is 4.57 Å². The third-order valence-corrected chi connectivity index (χ3v) is 6.03. The molecule has 1 heterocycles. The molecule has 0 amide bonds. The fourth-order valence-corrected chi connectivity index (χ4v) is 4.60. The van der Waals surface area contributed by atoms with Gasteiger partial charge in [-0.05, 0) is 52.9 Å². The monoisotopic (exact) mass is 442 g/mol. The summed E-state index contributed by atoms with van der Waals surface area (Å²) in [5.41, 5.74) is 4.83. The van der Waals surface area contributed by atoms with E-state index in [9.17, 15) is 13.2 Å². The minimum absolute atomic E-state index is 0.182. The van der Waals surface area contributed by atoms with Gasteiger partial charge in [-0.1, -0.05) is 45.0 Å². The van der Waals surface area contributed by atoms with Gasteiger partial charge in [0.1, 0.15) is 17.5 Å². The fraction of sp³-hybridized carbons (Fsp3) is 0.138. The number of rotatable bonds is 2. The molecule has 5 aromatic rings. The van der Waals surface area contributed by atoms with Gasteiger partial charge in [-0.15, -0.1) is 0 Å². The molecule has 0 bridgehead atoms. The maximum Gasteiger partial charge on any atom is 0.219 e. The van der Waals surface area contributed by atoms with Crippen LogP contribution in [0.5, 0.6) is 0 Å². The highest BCUT2D eigenvalue weighted by atomic mass is 19.1. The maximum absolute atomic E-state index is 14.6. The summed E-state index contributed by atoms with van der Waals surface area (Å²) < 4.78 is 44.8. The van der Waals surface area contributed by atoms with Crippen molar-refractivity contribution in [2.75, 3.05) is 0 Å². The van der Waals surface area contributed by atoms with Crippen molar-refractivity contribution in [3.63, 3.8) is 0 Å². The van der Waals surface area contributed by atoms with Crippen LogP contribution in [0.4, 0.5) is 13.2 Å². The molecule has 0 fully saturated rings. The number of nitrogens with zero attached hydrogens (tertiary/aromatic N) is 1. The van der Waals surface area contributed by atoms with Crippen molar-refractivity contribution < 1.29 is 17.7 Å². The molecule has 164 valence electrons. The lowest BCUT2D eigenvalue weighted by atomic mass is 9.80. The Hall–Kier alpha value is -3.66. The van der Waals surface area contributed by atoms with Crippen molar-refractivity contribution in [2.24, 2.45) is 0 Å². The summed E-state index contributed by atoms with van der Waals surface area (Å²) in [6, 6.07) is 23.4. The zero-order chi connectivity index (χ0) is 23.3. The Morgan fingerprint density at radius 3 is 1.67 bits per heavy atom. The molecule has 0 spiro atoms. The molecular formula is C29H23F3N+. The third-order valence-electron chi connectivity index (χ3n) is 6.03. The van der Waals surface area contributed by atoms with Crippen LogP contribution >= 0.6 is 0 Å². The maximum atomic E-state index is 14.6. The van der Waals surface area contributed by atoms with Gasteiger partial charge in [-0.25, -0.2) is 13.2 Å². The van der Waals surface area contributed by atoms with E-state index in [1.807, 2.05) is 22.8 Å². The quantitative estimate of drug-likeness (QED) is 0.195. The highest BCUT2D eigenvalue weighted by Crippen LogP contribution is 2.40. The topological polar surface area (TPSA) is 3.88 Å². The average molecular weight is 443 g/mol. The molecule has 0 aliphatic rings. The normalized spacial score (nSPS) is 11.9. The van der Waals surface area contributed by atoms with E-state index in [2.05, 4.69) is 26.8 Å². The molecule has 1 aromatic heterocycles. The van der Waals surface area contributed by atoms with E-state index in [1.54, 1.807) is 24.3 Å². The molecule has 0 aliphatic carbocycles. The molecule has 5 rings (SSSR count). The number of benzene rings is 4. The lowest BCUT2D eigenvalue weighted by Gasteiger charge is -2.24. The summed E-state index contributed by atoms with van der Waals surface area (Å²) in [6.45, 7) is 6.37. The van der Waals surface area contributed by atoms with Gasteiger partial charge in [0.2, 0.25) is 16.7 Å². The summed E-state index contributed by atoms with van der Waals surface area (Å²) in [5, 5.41) is 1.32. The SMILES string of the molecule is CC(C)(C)c1ccccc1-c1c2cc(F)ccc2[n+](-c2ccc(F)cc2)c2ccc(F)cc12. The minimum Gasteiger partial charge on any atom is -0.207 e. The van der Waals surface area contributed by atoms with Crippen LogP contribution in [0.3, 0.4) is 0 Å². The van der Waals surface area contributed by atoms with Crippen LogP contribution in [0.2, 0.25) is 0 Å². The van der Waals surface area contributed by atoms with Crippen molar-refractivity contribution in [3.8, 4) is 16.8 Å². The number of hydrogen-bond acceptors (Lipinski definition) is 0. The Kier molecular flexibility index (Phi) is 4.97. The van der Waals surface area contributed by atoms with Crippen LogP contribution < -0.4 is 4.57 Å². The molecule has 0 saturated carbocycles. The van der Waals surface area contributed by atoms with Crippen LogP contribution in [0.15, 0.2) is 84.9 Å². The van der Waals surface area contributed by atoms with Crippen LogP contribution in [0.25, 0.3) is 38.6 Å². The van der Waals surface area contributed by atoms with Crippen molar-refractivity contribution in [1.82, 2.24) is 0 Å². The summed E-state index contributed by atoms with van der Waals surface area (Å²) in [7, 11) is 0. The standard InChI is InChI=1S/C29H23F3N/c1-29(2,3)25-7-5-4-6-22(25)28-23-16-19(31)10-14-26(23)33(21-12-8-18(30)9-13-21)27-15-11-20(32)17-24(27)28/h4-17H,1-3H3/q+1. The lowest BCUT2D eigenvalue weighted by molar-refractivity contribution is -0.538. The number of aromatic nitrogens is 1. The van der Waals surface area contributed by atoms with Crippen molar-refractivity contribution in [1.29, 1.82) is 0 Å². The molecule has 0 saturated heterocycles. The van der Waals surface area contributed by atoms with Crippen LogP contribution in [0, 0.1) is 17.5 Å². The van der Waals surface area contributed by atoms with Gasteiger partial charge < -0.3 is 0 Å². The molecular weight excluding hydrogens is 419 g/mol. The van der Waals surface area contributed by atoms with Gasteiger partial charge in [-0.3, -0.25) is 0 Å². The number of pyridine rings is 1. The van der Waals surface area contributed by atoms with Gasteiger partial charge in [0.15, 0.2) is 0 Å². The zero-order valence-corrected chi connectivity index (χ0v) is 18.7. The predicted molar refractivity (Wildman–Crippen MR) is 127 cm³/mol. The first-order valence-electron chi connectivity index (χ1n) is 10.9. The largest absolute Gasteiger partial charge is 0.219 e. The Labute approximate surface area is 190 Å². The molecule has 1 nitrogen and oxygen atoms in total. The molecule has 33 heavy (non-hydrogen) atoms. The second-order valence-electron chi connectivity index (χ2n) is 9.31. The van der Waals surface area contributed by atoms with E-state index in [4.69, 9.17) is 0 Å². The molecule has 4 heteroatoms. The first-order valence-corrected chi connectivity index (χ1v) is 10.9. The number of halogens is 3. The number of hydrogen-bond donors (Lipinski definition) is 0. The van der Waals surface area contributed by atoms with Crippen molar-refractivity contribution in [3.05, 3.63) is 108 Å². The van der Waals surface area contributed by atoms with Gasteiger partial charge in [0.05, 0.1) is 10.8 Å². The summed E-state index contributed by atoms with van der Waals surface area (Å²) in [6.07, 6.45) is 0. The van der Waals surface area contributed by atoms with E-state index < -0.39 is 0 Å². The summed E-state index contributed by atoms with van der Waals surface area (Å²) in [4.78, 5) is 0. The van der Waals surface area contributed by atoms with Gasteiger partial charge in [0, 0.05) is 29.8 Å². The van der Waals surface area contributed by atoms with E-state index in [1.165, 1.54) is 36.4 Å². The molecule has 0 unspecified atom stereocenters. The van der Waals surface area contributed by atoms with Crippen LogP contribution in [-0.4, -0.2) is 0 Å². The molecule has 0 atom stereocenters. The third kappa shape index (κ3) is 3.66. The Morgan fingerprint density at radius 2 is 1.12 bits per heavy atom. The smallest absolute Gasteiger partial charge is 0.207 e. The highest BCUT2D eigenvalue weighted by Gasteiger charge is 2.27. The average Bonchev–Trinajstić information content (AvgIpc) is 2.77. The van der Waals surface area contributed by atoms with Gasteiger partial charge >= 0.3 is 0 Å². The van der Waals surface area contributed by atoms with E-state index >= 15 is 0 Å².